The van der Waals surface area contributed by atoms with E-state index in [2.05, 4.69) is 6.92 Å². The van der Waals surface area contributed by atoms with E-state index >= 15 is 0 Å². The minimum atomic E-state index is -0.0654. The lowest BCUT2D eigenvalue weighted by atomic mass is 10.0. The minimum absolute atomic E-state index is 0.0654. The van der Waals surface area contributed by atoms with E-state index in [9.17, 15) is 9.59 Å². The lowest BCUT2D eigenvalue weighted by Crippen LogP contribution is -2.43. The van der Waals surface area contributed by atoms with Gasteiger partial charge < -0.3 is 4.90 Å². The molecule has 5 nitrogen and oxygen atoms in total. The second-order valence-electron chi connectivity index (χ2n) is 7.55. The maximum atomic E-state index is 13.4. The third-order valence-electron chi connectivity index (χ3n) is 5.63. The summed E-state index contributed by atoms with van der Waals surface area (Å²) in [6.07, 6.45) is 3.30. The molecule has 1 amide bonds. The molecule has 3 aromatic rings. The van der Waals surface area contributed by atoms with Crippen molar-refractivity contribution in [1.29, 1.82) is 0 Å². The fraction of sp³-hybridized carbons (Fsp3) is 0.409. The zero-order valence-electron chi connectivity index (χ0n) is 17.0. The number of rotatable bonds is 4. The van der Waals surface area contributed by atoms with Gasteiger partial charge in [-0.1, -0.05) is 30.0 Å². The summed E-state index contributed by atoms with van der Waals surface area (Å²) in [6, 6.07) is 9.84. The van der Waals surface area contributed by atoms with Crippen molar-refractivity contribution >= 4 is 39.2 Å². The first-order chi connectivity index (χ1) is 14.0. The van der Waals surface area contributed by atoms with Gasteiger partial charge in [0.25, 0.3) is 5.56 Å². The Labute approximate surface area is 178 Å². The van der Waals surface area contributed by atoms with Gasteiger partial charge in [0.1, 0.15) is 4.83 Å². The molecule has 0 aliphatic carbocycles. The molecule has 0 radical (unpaired) electrons. The van der Waals surface area contributed by atoms with E-state index in [4.69, 9.17) is 4.98 Å². The highest BCUT2D eigenvalue weighted by molar-refractivity contribution is 7.99. The zero-order chi connectivity index (χ0) is 20.5. The number of hydrogen-bond donors (Lipinski definition) is 0. The highest BCUT2D eigenvalue weighted by atomic mass is 32.2. The molecule has 152 valence electrons. The maximum Gasteiger partial charge on any atom is 0.267 e. The molecule has 1 saturated heterocycles. The number of thiophene rings is 1. The molecule has 29 heavy (non-hydrogen) atoms. The van der Waals surface area contributed by atoms with Crippen molar-refractivity contribution in [2.75, 3.05) is 12.3 Å². The normalized spacial score (nSPS) is 17.1. The van der Waals surface area contributed by atoms with E-state index in [0.29, 0.717) is 16.3 Å². The Kier molecular flexibility index (Phi) is 5.79. The first-order valence-electron chi connectivity index (χ1n) is 9.98. The SMILES string of the molecule is Cc1sc2nc(SCC(=O)N3CCCC[C@@H]3C)n(-c3ccccc3)c(=O)c2c1C. The Morgan fingerprint density at radius 1 is 1.24 bits per heavy atom. The maximum absolute atomic E-state index is 13.4. The molecule has 0 N–H and O–H groups in total. The molecule has 0 spiro atoms. The molecule has 2 aromatic heterocycles. The third-order valence-corrected chi connectivity index (χ3v) is 7.66. The summed E-state index contributed by atoms with van der Waals surface area (Å²) in [5.74, 6) is 0.410. The smallest absolute Gasteiger partial charge is 0.267 e. The van der Waals surface area contributed by atoms with Gasteiger partial charge in [0, 0.05) is 17.5 Å². The minimum Gasteiger partial charge on any atom is -0.339 e. The number of thioether (sulfide) groups is 1. The van der Waals surface area contributed by atoms with Gasteiger partial charge in [-0.25, -0.2) is 4.98 Å². The highest BCUT2D eigenvalue weighted by Crippen LogP contribution is 2.30. The molecule has 7 heteroatoms. The van der Waals surface area contributed by atoms with Crippen LogP contribution in [-0.2, 0) is 4.79 Å². The van der Waals surface area contributed by atoms with Crippen LogP contribution in [0.2, 0.25) is 0 Å². The number of fused-ring (bicyclic) bond motifs is 1. The van der Waals surface area contributed by atoms with Gasteiger partial charge in [-0.15, -0.1) is 11.3 Å². The number of carbonyl (C=O) groups is 1. The van der Waals surface area contributed by atoms with Crippen LogP contribution in [0.5, 0.6) is 0 Å². The molecular formula is C22H25N3O2S2. The van der Waals surface area contributed by atoms with E-state index in [-0.39, 0.29) is 17.5 Å². The van der Waals surface area contributed by atoms with Crippen molar-refractivity contribution in [3.05, 3.63) is 51.1 Å². The summed E-state index contributed by atoms with van der Waals surface area (Å²) in [5, 5.41) is 1.25. The highest BCUT2D eigenvalue weighted by Gasteiger charge is 2.24. The molecule has 1 aliphatic heterocycles. The number of para-hydroxylation sites is 1. The summed E-state index contributed by atoms with van der Waals surface area (Å²) in [6.45, 7) is 6.92. The van der Waals surface area contributed by atoms with Crippen LogP contribution in [0.25, 0.3) is 15.9 Å². The van der Waals surface area contributed by atoms with Gasteiger partial charge in [-0.05, 0) is 57.7 Å². The number of aryl methyl sites for hydroxylation is 2. The van der Waals surface area contributed by atoms with Gasteiger partial charge in [0.2, 0.25) is 5.91 Å². The molecule has 0 unspecified atom stereocenters. The Morgan fingerprint density at radius 3 is 2.72 bits per heavy atom. The first kappa shape index (κ1) is 20.2. The van der Waals surface area contributed by atoms with Crippen LogP contribution in [0.4, 0.5) is 0 Å². The number of nitrogens with zero attached hydrogens (tertiary/aromatic N) is 3. The zero-order valence-corrected chi connectivity index (χ0v) is 18.6. The van der Waals surface area contributed by atoms with Crippen molar-refractivity contribution in [1.82, 2.24) is 14.5 Å². The van der Waals surface area contributed by atoms with Gasteiger partial charge in [0.15, 0.2) is 5.16 Å². The van der Waals surface area contributed by atoms with Crippen LogP contribution in [0.1, 0.15) is 36.6 Å². The van der Waals surface area contributed by atoms with E-state index in [1.807, 2.05) is 49.1 Å². The molecule has 0 saturated carbocycles. The van der Waals surface area contributed by atoms with Gasteiger partial charge in [-0.2, -0.15) is 0 Å². The number of likely N-dealkylation sites (tertiary alicyclic amines) is 1. The fourth-order valence-electron chi connectivity index (χ4n) is 3.85. The number of carbonyl (C=O) groups excluding carboxylic acids is 1. The third kappa shape index (κ3) is 3.85. The van der Waals surface area contributed by atoms with Crippen molar-refractivity contribution in [2.24, 2.45) is 0 Å². The van der Waals surface area contributed by atoms with E-state index in [0.717, 1.165) is 40.3 Å². The van der Waals surface area contributed by atoms with Crippen LogP contribution in [0.3, 0.4) is 0 Å². The fourth-order valence-corrected chi connectivity index (χ4v) is 5.82. The first-order valence-corrected chi connectivity index (χ1v) is 11.8. The molecule has 3 heterocycles. The summed E-state index contributed by atoms with van der Waals surface area (Å²) in [4.78, 5) is 34.9. The average molecular weight is 428 g/mol. The van der Waals surface area contributed by atoms with E-state index < -0.39 is 0 Å². The van der Waals surface area contributed by atoms with Crippen molar-refractivity contribution < 1.29 is 4.79 Å². The molecule has 1 aromatic carbocycles. The predicted molar refractivity (Wildman–Crippen MR) is 120 cm³/mol. The Balaban J connectivity index is 1.73. The summed E-state index contributed by atoms with van der Waals surface area (Å²) in [5.41, 5.74) is 1.70. The summed E-state index contributed by atoms with van der Waals surface area (Å²) >= 11 is 2.90. The standard InChI is InChI=1S/C22H25N3O2S2/c1-14-9-7-8-12-24(14)18(26)13-28-22-23-20-19(15(2)16(3)29-20)21(27)25(22)17-10-5-4-6-11-17/h4-6,10-11,14H,7-9,12-13H2,1-3H3/t14-/m0/s1. The van der Waals surface area contributed by atoms with E-state index in [1.165, 1.54) is 18.2 Å². The van der Waals surface area contributed by atoms with Crippen LogP contribution in [-0.4, -0.2) is 38.7 Å². The van der Waals surface area contributed by atoms with Crippen molar-refractivity contribution in [2.45, 2.75) is 51.2 Å². The summed E-state index contributed by atoms with van der Waals surface area (Å²) in [7, 11) is 0. The van der Waals surface area contributed by atoms with Crippen LogP contribution in [0.15, 0.2) is 40.3 Å². The average Bonchev–Trinajstić information content (AvgIpc) is 3.01. The second kappa shape index (κ2) is 8.32. The largest absolute Gasteiger partial charge is 0.339 e. The van der Waals surface area contributed by atoms with Crippen molar-refractivity contribution in [3.63, 3.8) is 0 Å². The topological polar surface area (TPSA) is 55.2 Å². The van der Waals surface area contributed by atoms with Gasteiger partial charge in [-0.3, -0.25) is 14.2 Å². The molecule has 1 fully saturated rings. The number of benzene rings is 1. The molecule has 1 atom stereocenters. The number of aromatic nitrogens is 2. The monoisotopic (exact) mass is 427 g/mol. The quantitative estimate of drug-likeness (QED) is 0.453. The Morgan fingerprint density at radius 2 is 2.00 bits per heavy atom. The number of piperidine rings is 1. The lowest BCUT2D eigenvalue weighted by Gasteiger charge is -2.33. The lowest BCUT2D eigenvalue weighted by molar-refractivity contribution is -0.131. The summed E-state index contributed by atoms with van der Waals surface area (Å²) < 4.78 is 1.65. The second-order valence-corrected chi connectivity index (χ2v) is 9.70. The van der Waals surface area contributed by atoms with Gasteiger partial charge >= 0.3 is 0 Å². The molecule has 1 aliphatic rings. The van der Waals surface area contributed by atoms with Crippen molar-refractivity contribution in [3.8, 4) is 5.69 Å². The molecular weight excluding hydrogens is 402 g/mol. The molecule has 4 rings (SSSR count). The number of amides is 1. The number of hydrogen-bond acceptors (Lipinski definition) is 5. The van der Waals surface area contributed by atoms with Crippen LogP contribution < -0.4 is 5.56 Å². The van der Waals surface area contributed by atoms with Gasteiger partial charge in [0.05, 0.1) is 16.8 Å². The van der Waals surface area contributed by atoms with Crippen LogP contribution in [0, 0.1) is 13.8 Å². The Hall–Kier alpha value is -2.12. The van der Waals surface area contributed by atoms with Crippen LogP contribution >= 0.6 is 23.1 Å². The Bertz CT molecular complexity index is 1100. The molecule has 0 bridgehead atoms. The van der Waals surface area contributed by atoms with E-state index in [1.54, 1.807) is 15.9 Å². The predicted octanol–water partition coefficient (Wildman–Crippen LogP) is 4.56.